The summed E-state index contributed by atoms with van der Waals surface area (Å²) in [5.74, 6) is 1.72. The lowest BCUT2D eigenvalue weighted by Gasteiger charge is -2.18. The molecule has 0 aliphatic rings. The van der Waals surface area contributed by atoms with Gasteiger partial charge in [0.25, 0.3) is 0 Å². The lowest BCUT2D eigenvalue weighted by Crippen LogP contribution is -2.48. The van der Waals surface area contributed by atoms with Crippen LogP contribution < -0.4 is 16.0 Å². The minimum Gasteiger partial charge on any atom is -0.353 e. The van der Waals surface area contributed by atoms with Gasteiger partial charge in [-0.2, -0.15) is 25.3 Å². The van der Waals surface area contributed by atoms with E-state index in [2.05, 4.69) is 75.8 Å². The van der Waals surface area contributed by atoms with E-state index in [-0.39, 0.29) is 41.8 Å². The number of hydrogen-bond donors (Lipinski definition) is 5. The second kappa shape index (κ2) is 17.5. The summed E-state index contributed by atoms with van der Waals surface area (Å²) in [6.45, 7) is 13.4. The molecule has 0 rings (SSSR count). The molecule has 0 saturated heterocycles. The Morgan fingerprint density at radius 3 is 1.73 bits per heavy atom. The zero-order valence-corrected chi connectivity index (χ0v) is 21.2. The van der Waals surface area contributed by atoms with Crippen LogP contribution in [0.4, 0.5) is 0 Å². The van der Waals surface area contributed by atoms with E-state index in [1.54, 1.807) is 0 Å². The lowest BCUT2D eigenvalue weighted by atomic mass is 9.93. The number of amides is 3. The Morgan fingerprint density at radius 1 is 0.833 bits per heavy atom. The quantitative estimate of drug-likeness (QED) is 0.286. The van der Waals surface area contributed by atoms with Crippen LogP contribution in [-0.4, -0.2) is 53.6 Å². The SMILES string of the molecule is CC(=O)CNC(=O)C(CS)NC(=O)CCC(C)C(C)C.CC(=O)NC(CS)C(C)C. The van der Waals surface area contributed by atoms with E-state index in [1.807, 2.05) is 0 Å². The fraction of sp³-hybridized carbons (Fsp3) is 0.810. The summed E-state index contributed by atoms with van der Waals surface area (Å²) in [5, 5.41) is 7.93. The van der Waals surface area contributed by atoms with Crippen LogP contribution in [0.3, 0.4) is 0 Å². The van der Waals surface area contributed by atoms with E-state index in [0.717, 1.165) is 6.42 Å². The van der Waals surface area contributed by atoms with E-state index >= 15 is 0 Å². The van der Waals surface area contributed by atoms with Crippen molar-refractivity contribution < 1.29 is 19.2 Å². The summed E-state index contributed by atoms with van der Waals surface area (Å²) in [6.07, 6.45) is 1.18. The Morgan fingerprint density at radius 2 is 1.40 bits per heavy atom. The zero-order valence-electron chi connectivity index (χ0n) is 19.4. The molecule has 9 heteroatoms. The standard InChI is InChI=1S/C14H26N2O3S.C7H15NOS/c1-9(2)10(3)5-6-13(18)16-12(8-20)14(19)15-7-11(4)17;1-5(2)7(4-10)8-6(3)9/h9-10,12,20H,5-8H2,1-4H3,(H,15,19)(H,16,18);5,7,10H,4H2,1-3H3,(H,8,9). The molecule has 3 amide bonds. The highest BCUT2D eigenvalue weighted by Gasteiger charge is 2.19. The number of carbonyl (C=O) groups excluding carboxylic acids is 4. The first-order chi connectivity index (χ1) is 13.8. The van der Waals surface area contributed by atoms with Crippen molar-refractivity contribution in [3.63, 3.8) is 0 Å². The molecular formula is C21H41N3O4S2. The van der Waals surface area contributed by atoms with Gasteiger partial charge in [0.2, 0.25) is 17.7 Å². The van der Waals surface area contributed by atoms with Crippen molar-refractivity contribution in [2.24, 2.45) is 17.8 Å². The van der Waals surface area contributed by atoms with Gasteiger partial charge < -0.3 is 16.0 Å². The molecule has 7 nitrogen and oxygen atoms in total. The molecule has 0 saturated carbocycles. The minimum atomic E-state index is -0.695. The van der Waals surface area contributed by atoms with E-state index in [9.17, 15) is 19.2 Å². The molecule has 0 bridgehead atoms. The summed E-state index contributed by atoms with van der Waals surface area (Å²) >= 11 is 8.17. The third-order valence-corrected chi connectivity index (χ3v) is 5.46. The van der Waals surface area contributed by atoms with Crippen LogP contribution in [0.1, 0.15) is 61.3 Å². The van der Waals surface area contributed by atoms with Crippen molar-refractivity contribution in [2.75, 3.05) is 18.1 Å². The predicted octanol–water partition coefficient (Wildman–Crippen LogP) is 2.26. The molecule has 30 heavy (non-hydrogen) atoms. The molecular weight excluding hydrogens is 422 g/mol. The zero-order chi connectivity index (χ0) is 23.9. The third kappa shape index (κ3) is 16.6. The molecule has 3 N–H and O–H groups in total. The molecule has 176 valence electrons. The van der Waals surface area contributed by atoms with Crippen molar-refractivity contribution in [1.82, 2.24) is 16.0 Å². The average Bonchev–Trinajstić information content (AvgIpc) is 2.66. The number of nitrogens with one attached hydrogen (secondary N) is 3. The maximum absolute atomic E-state index is 11.8. The Bertz CT molecular complexity index is 542. The second-order valence-electron chi connectivity index (χ2n) is 8.22. The molecule has 0 aliphatic carbocycles. The monoisotopic (exact) mass is 463 g/mol. The van der Waals surface area contributed by atoms with Crippen molar-refractivity contribution in [3.8, 4) is 0 Å². The largest absolute Gasteiger partial charge is 0.353 e. The van der Waals surface area contributed by atoms with Gasteiger partial charge in [0.1, 0.15) is 11.8 Å². The van der Waals surface area contributed by atoms with Gasteiger partial charge >= 0.3 is 0 Å². The topological polar surface area (TPSA) is 104 Å². The molecule has 0 fully saturated rings. The highest BCUT2D eigenvalue weighted by Crippen LogP contribution is 2.15. The van der Waals surface area contributed by atoms with Gasteiger partial charge in [0.15, 0.2) is 0 Å². The Labute approximate surface area is 193 Å². The Balaban J connectivity index is 0. The van der Waals surface area contributed by atoms with Crippen molar-refractivity contribution >= 4 is 48.8 Å². The smallest absolute Gasteiger partial charge is 0.243 e. The number of thiol groups is 2. The van der Waals surface area contributed by atoms with Crippen molar-refractivity contribution in [2.45, 2.75) is 73.4 Å². The Kier molecular flexibility index (Phi) is 18.0. The highest BCUT2D eigenvalue weighted by molar-refractivity contribution is 7.80. The molecule has 0 radical (unpaired) electrons. The predicted molar refractivity (Wildman–Crippen MR) is 129 cm³/mol. The molecule has 3 atom stereocenters. The first-order valence-electron chi connectivity index (χ1n) is 10.4. The van der Waals surface area contributed by atoms with Crippen LogP contribution >= 0.6 is 25.3 Å². The average molecular weight is 464 g/mol. The van der Waals surface area contributed by atoms with Gasteiger partial charge in [-0.25, -0.2) is 0 Å². The number of ketones is 1. The fourth-order valence-electron chi connectivity index (χ4n) is 2.17. The molecule has 0 heterocycles. The van der Waals surface area contributed by atoms with Crippen LogP contribution in [0.25, 0.3) is 0 Å². The van der Waals surface area contributed by atoms with Gasteiger partial charge in [-0.05, 0) is 31.1 Å². The Hall–Kier alpha value is -1.22. The van der Waals surface area contributed by atoms with E-state index in [0.29, 0.717) is 29.9 Å². The molecule has 0 aliphatic heterocycles. The van der Waals surface area contributed by atoms with Gasteiger partial charge in [-0.15, -0.1) is 0 Å². The first kappa shape index (κ1) is 31.0. The van der Waals surface area contributed by atoms with Gasteiger partial charge in [0, 0.05) is 30.9 Å². The normalized spacial score (nSPS) is 13.6. The highest BCUT2D eigenvalue weighted by atomic mass is 32.1. The summed E-state index contributed by atoms with van der Waals surface area (Å²) in [5.41, 5.74) is 0. The summed E-state index contributed by atoms with van der Waals surface area (Å²) in [6, 6.07) is -0.486. The van der Waals surface area contributed by atoms with Crippen LogP contribution in [0.2, 0.25) is 0 Å². The van der Waals surface area contributed by atoms with Crippen LogP contribution in [0.5, 0.6) is 0 Å². The summed E-state index contributed by atoms with van der Waals surface area (Å²) < 4.78 is 0. The second-order valence-corrected chi connectivity index (χ2v) is 8.95. The van der Waals surface area contributed by atoms with Gasteiger partial charge in [0.05, 0.1) is 6.54 Å². The molecule has 0 aromatic carbocycles. The number of rotatable bonds is 12. The molecule has 0 aromatic heterocycles. The minimum absolute atomic E-state index is 0.0211. The lowest BCUT2D eigenvalue weighted by molar-refractivity contribution is -0.129. The summed E-state index contributed by atoms with van der Waals surface area (Å²) in [4.78, 5) is 44.9. The molecule has 3 unspecified atom stereocenters. The first-order valence-corrected chi connectivity index (χ1v) is 11.7. The van der Waals surface area contributed by atoms with Gasteiger partial charge in [-0.1, -0.05) is 34.6 Å². The maximum Gasteiger partial charge on any atom is 0.243 e. The maximum atomic E-state index is 11.8. The summed E-state index contributed by atoms with van der Waals surface area (Å²) in [7, 11) is 0. The van der Waals surface area contributed by atoms with Gasteiger partial charge in [-0.3, -0.25) is 19.2 Å². The number of hydrogen-bond acceptors (Lipinski definition) is 6. The van der Waals surface area contributed by atoms with Crippen LogP contribution in [0.15, 0.2) is 0 Å². The van der Waals surface area contributed by atoms with Crippen molar-refractivity contribution in [1.29, 1.82) is 0 Å². The third-order valence-electron chi connectivity index (χ3n) is 4.70. The van der Waals surface area contributed by atoms with Crippen LogP contribution in [0, 0.1) is 17.8 Å². The van der Waals surface area contributed by atoms with Crippen LogP contribution in [-0.2, 0) is 19.2 Å². The molecule has 0 aromatic rings. The van der Waals surface area contributed by atoms with E-state index < -0.39 is 6.04 Å². The van der Waals surface area contributed by atoms with E-state index in [1.165, 1.54) is 13.8 Å². The number of carbonyl (C=O) groups is 4. The fourth-order valence-corrected chi connectivity index (χ4v) is 2.94. The van der Waals surface area contributed by atoms with E-state index in [4.69, 9.17) is 0 Å². The van der Waals surface area contributed by atoms with Crippen molar-refractivity contribution in [3.05, 3.63) is 0 Å². The molecule has 0 spiro atoms. The number of Topliss-reactive ketones (excluding diaryl/α,β-unsaturated/α-hetero) is 1.